The lowest BCUT2D eigenvalue weighted by Crippen LogP contribution is -2.58. The Morgan fingerprint density at radius 2 is 2.07 bits per heavy atom. The van der Waals surface area contributed by atoms with Crippen molar-refractivity contribution in [1.82, 2.24) is 14.5 Å². The van der Waals surface area contributed by atoms with Gasteiger partial charge in [-0.3, -0.25) is 0 Å². The van der Waals surface area contributed by atoms with Crippen molar-refractivity contribution in [3.05, 3.63) is 35.4 Å². The molecular formula is C20H29N3O4S. The van der Waals surface area contributed by atoms with Crippen LogP contribution in [0.4, 0.5) is 4.79 Å². The molecule has 1 spiro atoms. The zero-order valence-corrected chi connectivity index (χ0v) is 17.5. The summed E-state index contributed by atoms with van der Waals surface area (Å²) in [5, 5.41) is 2.44. The summed E-state index contributed by atoms with van der Waals surface area (Å²) in [6.45, 7) is 8.10. The van der Waals surface area contributed by atoms with Crippen molar-refractivity contribution in [2.45, 2.75) is 50.7 Å². The van der Waals surface area contributed by atoms with Crippen LogP contribution in [0.3, 0.4) is 0 Å². The highest BCUT2D eigenvalue weighted by Crippen LogP contribution is 2.46. The average molecular weight is 408 g/mol. The van der Waals surface area contributed by atoms with Gasteiger partial charge in [-0.15, -0.1) is 0 Å². The van der Waals surface area contributed by atoms with Crippen molar-refractivity contribution < 1.29 is 17.9 Å². The van der Waals surface area contributed by atoms with Gasteiger partial charge in [-0.2, -0.15) is 4.31 Å². The number of nitrogens with zero attached hydrogens (tertiary/aromatic N) is 2. The quantitative estimate of drug-likeness (QED) is 0.824. The molecule has 3 aliphatic rings. The maximum atomic E-state index is 13.0. The molecule has 0 unspecified atom stereocenters. The number of nitrogens with one attached hydrogen (secondary N) is 1. The fraction of sp³-hybridized carbons (Fsp3) is 0.650. The molecule has 0 aromatic heterocycles. The largest absolute Gasteiger partial charge is 0.365 e. The second kappa shape index (κ2) is 7.00. The van der Waals surface area contributed by atoms with Crippen LogP contribution < -0.4 is 5.32 Å². The highest BCUT2D eigenvalue weighted by Gasteiger charge is 2.65. The van der Waals surface area contributed by atoms with E-state index in [1.165, 1.54) is 0 Å². The summed E-state index contributed by atoms with van der Waals surface area (Å²) in [5.41, 5.74) is 1.42. The standard InChI is InChI=1S/C20H29N3O4S/c1-14(2)10-23-13-20-12-22(11-17(27-20)8-18(20)28(23,25)26)19(24)21-9-16-7-5-4-6-15(16)3/h4-7,14,17-18H,8-13H2,1-3H3,(H,21,24)/t17-,18+,20+/m1/s1. The third-order valence-electron chi connectivity index (χ3n) is 6.06. The molecule has 3 atom stereocenters. The number of ether oxygens (including phenoxy) is 1. The number of carbonyl (C=O) groups excluding carboxylic acids is 1. The Bertz CT molecular complexity index is 872. The van der Waals surface area contributed by atoms with Crippen LogP contribution in [-0.2, 0) is 21.3 Å². The first-order chi connectivity index (χ1) is 13.2. The van der Waals surface area contributed by atoms with E-state index in [1.54, 1.807) is 9.21 Å². The highest BCUT2D eigenvalue weighted by atomic mass is 32.2. The predicted octanol–water partition coefficient (Wildman–Crippen LogP) is 1.72. The van der Waals surface area contributed by atoms with E-state index in [0.29, 0.717) is 39.1 Å². The van der Waals surface area contributed by atoms with Gasteiger partial charge in [0.1, 0.15) is 10.9 Å². The van der Waals surface area contributed by atoms with Crippen molar-refractivity contribution in [3.63, 3.8) is 0 Å². The number of hydrogen-bond donors (Lipinski definition) is 1. The number of rotatable bonds is 4. The van der Waals surface area contributed by atoms with Crippen LogP contribution in [-0.4, -0.2) is 66.8 Å². The molecule has 154 valence electrons. The van der Waals surface area contributed by atoms with Gasteiger partial charge in [0.05, 0.1) is 12.6 Å². The first-order valence-electron chi connectivity index (χ1n) is 9.95. The van der Waals surface area contributed by atoms with Gasteiger partial charge in [-0.1, -0.05) is 38.1 Å². The number of amides is 2. The minimum absolute atomic E-state index is 0.156. The molecule has 1 aromatic rings. The van der Waals surface area contributed by atoms with Crippen LogP contribution in [0.15, 0.2) is 24.3 Å². The van der Waals surface area contributed by atoms with Crippen molar-refractivity contribution >= 4 is 16.1 Å². The summed E-state index contributed by atoms with van der Waals surface area (Å²) in [5.74, 6) is 0.248. The lowest BCUT2D eigenvalue weighted by atomic mass is 9.99. The monoisotopic (exact) mass is 407 g/mol. The molecule has 7 nitrogen and oxygen atoms in total. The lowest BCUT2D eigenvalue weighted by Gasteiger charge is -2.39. The lowest BCUT2D eigenvalue weighted by molar-refractivity contribution is -0.0957. The Hall–Kier alpha value is -1.64. The van der Waals surface area contributed by atoms with Crippen LogP contribution in [0.25, 0.3) is 0 Å². The second-order valence-corrected chi connectivity index (χ2v) is 10.8. The van der Waals surface area contributed by atoms with Gasteiger partial charge in [0, 0.05) is 26.2 Å². The topological polar surface area (TPSA) is 79.0 Å². The number of urea groups is 1. The number of fused-ring (bicyclic) bond motifs is 1. The molecule has 2 bridgehead atoms. The summed E-state index contributed by atoms with van der Waals surface area (Å²) in [4.78, 5) is 14.5. The van der Waals surface area contributed by atoms with Crippen molar-refractivity contribution in [1.29, 1.82) is 0 Å². The third kappa shape index (κ3) is 3.31. The zero-order valence-electron chi connectivity index (χ0n) is 16.7. The van der Waals surface area contributed by atoms with Gasteiger partial charge in [0.2, 0.25) is 10.0 Å². The summed E-state index contributed by atoms with van der Waals surface area (Å²) in [6, 6.07) is 7.80. The van der Waals surface area contributed by atoms with Crippen LogP contribution in [0.2, 0.25) is 0 Å². The fourth-order valence-electron chi connectivity index (χ4n) is 4.77. The van der Waals surface area contributed by atoms with Crippen LogP contribution in [0.5, 0.6) is 0 Å². The third-order valence-corrected chi connectivity index (χ3v) is 8.40. The molecule has 1 N–H and O–H groups in total. The molecule has 3 heterocycles. The Labute approximate surface area is 167 Å². The van der Waals surface area contributed by atoms with E-state index in [-0.39, 0.29) is 18.1 Å². The molecule has 0 radical (unpaired) electrons. The molecule has 1 aromatic carbocycles. The average Bonchev–Trinajstić information content (AvgIpc) is 2.99. The summed E-state index contributed by atoms with van der Waals surface area (Å²) >= 11 is 0. The molecule has 3 fully saturated rings. The Morgan fingerprint density at radius 3 is 2.79 bits per heavy atom. The van der Waals surface area contributed by atoms with Crippen molar-refractivity contribution in [2.75, 3.05) is 26.2 Å². The number of carbonyl (C=O) groups is 1. The van der Waals surface area contributed by atoms with E-state index in [2.05, 4.69) is 5.32 Å². The van der Waals surface area contributed by atoms with E-state index in [4.69, 9.17) is 4.74 Å². The van der Waals surface area contributed by atoms with Crippen LogP contribution in [0.1, 0.15) is 31.4 Å². The summed E-state index contributed by atoms with van der Waals surface area (Å²) in [7, 11) is -3.38. The minimum atomic E-state index is -3.38. The Balaban J connectivity index is 1.47. The molecular weight excluding hydrogens is 378 g/mol. The second-order valence-electron chi connectivity index (χ2n) is 8.73. The predicted molar refractivity (Wildman–Crippen MR) is 106 cm³/mol. The Kier molecular flexibility index (Phi) is 4.92. The van der Waals surface area contributed by atoms with Crippen molar-refractivity contribution in [2.24, 2.45) is 5.92 Å². The fourth-order valence-corrected chi connectivity index (χ4v) is 7.24. The summed E-state index contributed by atoms with van der Waals surface area (Å²) < 4.78 is 33.7. The molecule has 0 saturated carbocycles. The van der Waals surface area contributed by atoms with E-state index >= 15 is 0 Å². The van der Waals surface area contributed by atoms with E-state index in [9.17, 15) is 13.2 Å². The van der Waals surface area contributed by atoms with Crippen molar-refractivity contribution in [3.8, 4) is 0 Å². The number of morpholine rings is 1. The van der Waals surface area contributed by atoms with Gasteiger partial charge < -0.3 is 15.0 Å². The Morgan fingerprint density at radius 1 is 1.32 bits per heavy atom. The summed E-state index contributed by atoms with van der Waals surface area (Å²) in [6.07, 6.45) is 0.261. The van der Waals surface area contributed by atoms with E-state index < -0.39 is 20.9 Å². The van der Waals surface area contributed by atoms with Gasteiger partial charge in [-0.05, 0) is 30.4 Å². The van der Waals surface area contributed by atoms with E-state index in [1.807, 2.05) is 45.0 Å². The minimum Gasteiger partial charge on any atom is -0.365 e. The van der Waals surface area contributed by atoms with E-state index in [0.717, 1.165) is 11.1 Å². The molecule has 3 aliphatic heterocycles. The highest BCUT2D eigenvalue weighted by molar-refractivity contribution is 7.90. The van der Waals surface area contributed by atoms with Gasteiger partial charge >= 0.3 is 6.03 Å². The zero-order chi connectivity index (χ0) is 20.1. The first-order valence-corrected chi connectivity index (χ1v) is 11.5. The first kappa shape index (κ1) is 19.7. The number of likely N-dealkylation sites (tertiary alicyclic amines) is 1. The van der Waals surface area contributed by atoms with Gasteiger partial charge in [0.15, 0.2) is 0 Å². The molecule has 8 heteroatoms. The SMILES string of the molecule is Cc1ccccc1CNC(=O)N1C[C@H]2C[C@H]3[C@](C1)(CN(CC(C)C)S3(=O)=O)O2. The number of benzene rings is 1. The molecule has 0 aliphatic carbocycles. The maximum Gasteiger partial charge on any atom is 0.317 e. The van der Waals surface area contributed by atoms with Crippen LogP contribution >= 0.6 is 0 Å². The van der Waals surface area contributed by atoms with Gasteiger partial charge in [-0.25, -0.2) is 13.2 Å². The van der Waals surface area contributed by atoms with Crippen LogP contribution in [0, 0.1) is 12.8 Å². The number of aryl methyl sites for hydroxylation is 1. The smallest absolute Gasteiger partial charge is 0.317 e. The van der Waals surface area contributed by atoms with Gasteiger partial charge in [0.25, 0.3) is 0 Å². The number of sulfonamides is 1. The maximum absolute atomic E-state index is 13.0. The molecule has 2 amide bonds. The normalized spacial score (nSPS) is 31.2. The molecule has 4 rings (SSSR count). The molecule has 28 heavy (non-hydrogen) atoms. The molecule has 3 saturated heterocycles. The number of hydrogen-bond acceptors (Lipinski definition) is 4.